The van der Waals surface area contributed by atoms with Crippen LogP contribution in [0.2, 0.25) is 0 Å². The Morgan fingerprint density at radius 1 is 1.20 bits per heavy atom. The van der Waals surface area contributed by atoms with Gasteiger partial charge in [0.1, 0.15) is 0 Å². The van der Waals surface area contributed by atoms with Crippen molar-refractivity contribution < 1.29 is 10.2 Å². The minimum absolute atomic E-state index is 0.132. The van der Waals surface area contributed by atoms with E-state index >= 15 is 0 Å². The van der Waals surface area contributed by atoms with Crippen LogP contribution in [0.25, 0.3) is 0 Å². The maximum absolute atomic E-state index is 9.30. The molecule has 0 aromatic carbocycles. The van der Waals surface area contributed by atoms with E-state index in [0.29, 0.717) is 18.0 Å². The molecule has 2 rings (SSSR count). The van der Waals surface area contributed by atoms with E-state index in [1.807, 2.05) is 0 Å². The van der Waals surface area contributed by atoms with Gasteiger partial charge in [0.25, 0.3) is 0 Å². The van der Waals surface area contributed by atoms with Gasteiger partial charge in [0, 0.05) is 12.6 Å². The third-order valence-electron chi connectivity index (χ3n) is 4.33. The third kappa shape index (κ3) is 2.35. The number of hydrogen-bond donors (Lipinski definition) is 3. The number of nitrogens with one attached hydrogen (secondary N) is 1. The molecule has 1 spiro atoms. The van der Waals surface area contributed by atoms with Gasteiger partial charge in [-0.1, -0.05) is 19.3 Å². The van der Waals surface area contributed by atoms with Crippen LogP contribution >= 0.6 is 0 Å². The minimum atomic E-state index is -0.591. The van der Waals surface area contributed by atoms with Crippen molar-refractivity contribution in [3.8, 4) is 0 Å². The Kier molecular flexibility index (Phi) is 3.65. The van der Waals surface area contributed by atoms with E-state index in [1.165, 1.54) is 44.9 Å². The van der Waals surface area contributed by atoms with Crippen molar-refractivity contribution in [1.82, 2.24) is 5.32 Å². The quantitative estimate of drug-likeness (QED) is 0.654. The number of hydrogen-bond acceptors (Lipinski definition) is 3. The van der Waals surface area contributed by atoms with Gasteiger partial charge in [-0.15, -0.1) is 0 Å². The molecule has 0 saturated heterocycles. The van der Waals surface area contributed by atoms with Crippen LogP contribution in [0.5, 0.6) is 0 Å². The summed E-state index contributed by atoms with van der Waals surface area (Å²) in [6, 6.07) is 0.596. The van der Waals surface area contributed by atoms with Crippen molar-refractivity contribution in [2.45, 2.75) is 57.1 Å². The van der Waals surface area contributed by atoms with Gasteiger partial charge in [-0.3, -0.25) is 0 Å². The molecule has 2 fully saturated rings. The molecular weight excluding hydrogens is 190 g/mol. The molecule has 3 N–H and O–H groups in total. The van der Waals surface area contributed by atoms with Gasteiger partial charge < -0.3 is 15.5 Å². The first-order valence-electron chi connectivity index (χ1n) is 6.29. The summed E-state index contributed by atoms with van der Waals surface area (Å²) in [5.74, 6) is 0. The summed E-state index contributed by atoms with van der Waals surface area (Å²) in [5, 5.41) is 21.5. The zero-order chi connectivity index (χ0) is 10.7. The molecule has 0 amide bonds. The fourth-order valence-corrected chi connectivity index (χ4v) is 3.21. The largest absolute Gasteiger partial charge is 0.394 e. The van der Waals surface area contributed by atoms with Crippen molar-refractivity contribution in [2.75, 3.05) is 13.2 Å². The fourth-order valence-electron chi connectivity index (χ4n) is 3.21. The second-order valence-corrected chi connectivity index (χ2v) is 5.26. The second kappa shape index (κ2) is 4.81. The Balaban J connectivity index is 1.78. The standard InChI is InChI=1S/C12H23NO2/c14-9-10(15)8-13-11-4-7-12(11)5-2-1-3-6-12/h10-11,13-15H,1-9H2. The monoisotopic (exact) mass is 213 g/mol. The normalized spacial score (nSPS) is 31.2. The summed E-state index contributed by atoms with van der Waals surface area (Å²) in [7, 11) is 0. The van der Waals surface area contributed by atoms with Crippen molar-refractivity contribution in [2.24, 2.45) is 5.41 Å². The number of aliphatic hydroxyl groups is 2. The van der Waals surface area contributed by atoms with E-state index in [1.54, 1.807) is 0 Å². The molecule has 15 heavy (non-hydrogen) atoms. The molecule has 2 saturated carbocycles. The van der Waals surface area contributed by atoms with E-state index in [9.17, 15) is 5.11 Å². The zero-order valence-electron chi connectivity index (χ0n) is 9.41. The average molecular weight is 213 g/mol. The fraction of sp³-hybridized carbons (Fsp3) is 1.00. The van der Waals surface area contributed by atoms with Crippen LogP contribution in [-0.4, -0.2) is 35.5 Å². The Morgan fingerprint density at radius 2 is 1.93 bits per heavy atom. The lowest BCUT2D eigenvalue weighted by Gasteiger charge is -2.52. The van der Waals surface area contributed by atoms with E-state index in [0.717, 1.165) is 0 Å². The molecule has 3 nitrogen and oxygen atoms in total. The van der Waals surface area contributed by atoms with Gasteiger partial charge in [-0.05, 0) is 31.1 Å². The molecule has 0 aliphatic heterocycles. The Bertz CT molecular complexity index is 202. The lowest BCUT2D eigenvalue weighted by molar-refractivity contribution is 0.0103. The van der Waals surface area contributed by atoms with Crippen molar-refractivity contribution in [3.05, 3.63) is 0 Å². The van der Waals surface area contributed by atoms with Gasteiger partial charge in [0.15, 0.2) is 0 Å². The van der Waals surface area contributed by atoms with Gasteiger partial charge in [-0.2, -0.15) is 0 Å². The highest BCUT2D eigenvalue weighted by Gasteiger charge is 2.46. The SMILES string of the molecule is OCC(O)CNC1CCC12CCCCC2. The maximum atomic E-state index is 9.30. The summed E-state index contributed by atoms with van der Waals surface area (Å²) in [6.45, 7) is 0.412. The zero-order valence-corrected chi connectivity index (χ0v) is 9.41. The summed E-state index contributed by atoms with van der Waals surface area (Å²) in [6.07, 6.45) is 8.89. The molecule has 0 bridgehead atoms. The number of aliphatic hydroxyl groups excluding tert-OH is 2. The van der Waals surface area contributed by atoms with Crippen molar-refractivity contribution >= 4 is 0 Å². The summed E-state index contributed by atoms with van der Waals surface area (Å²) < 4.78 is 0. The first-order chi connectivity index (χ1) is 7.27. The van der Waals surface area contributed by atoms with Crippen molar-refractivity contribution in [3.63, 3.8) is 0 Å². The maximum Gasteiger partial charge on any atom is 0.0895 e. The van der Waals surface area contributed by atoms with Gasteiger partial charge in [0.2, 0.25) is 0 Å². The second-order valence-electron chi connectivity index (χ2n) is 5.26. The lowest BCUT2D eigenvalue weighted by Crippen LogP contribution is -2.55. The van der Waals surface area contributed by atoms with Gasteiger partial charge in [0.05, 0.1) is 12.7 Å². The summed E-state index contributed by atoms with van der Waals surface area (Å²) in [4.78, 5) is 0. The molecule has 0 heterocycles. The average Bonchev–Trinajstić information content (AvgIpc) is 2.28. The molecule has 0 aromatic rings. The summed E-state index contributed by atoms with van der Waals surface area (Å²) >= 11 is 0. The van der Waals surface area contributed by atoms with E-state index in [-0.39, 0.29) is 6.61 Å². The third-order valence-corrected chi connectivity index (χ3v) is 4.33. The predicted octanol–water partition coefficient (Wildman–Crippen LogP) is 1.04. The van der Waals surface area contributed by atoms with Crippen LogP contribution in [0.1, 0.15) is 44.9 Å². The lowest BCUT2D eigenvalue weighted by atomic mass is 9.57. The van der Waals surface area contributed by atoms with Crippen LogP contribution < -0.4 is 5.32 Å². The highest BCUT2D eigenvalue weighted by atomic mass is 16.3. The molecular formula is C12H23NO2. The predicted molar refractivity (Wildman–Crippen MR) is 59.6 cm³/mol. The highest BCUT2D eigenvalue weighted by molar-refractivity contribution is 5.01. The first kappa shape index (κ1) is 11.4. The molecule has 3 heteroatoms. The molecule has 0 radical (unpaired) electrons. The van der Waals surface area contributed by atoms with Crippen LogP contribution in [0, 0.1) is 5.41 Å². The first-order valence-corrected chi connectivity index (χ1v) is 6.29. The van der Waals surface area contributed by atoms with Crippen LogP contribution in [0.4, 0.5) is 0 Å². The van der Waals surface area contributed by atoms with Crippen LogP contribution in [-0.2, 0) is 0 Å². The molecule has 88 valence electrons. The Morgan fingerprint density at radius 3 is 2.47 bits per heavy atom. The smallest absolute Gasteiger partial charge is 0.0895 e. The van der Waals surface area contributed by atoms with E-state index < -0.39 is 6.10 Å². The summed E-state index contributed by atoms with van der Waals surface area (Å²) in [5.41, 5.74) is 0.549. The molecule has 2 unspecified atom stereocenters. The molecule has 2 aliphatic rings. The Labute approximate surface area is 91.9 Å². The Hall–Kier alpha value is -0.120. The van der Waals surface area contributed by atoms with Gasteiger partial charge >= 0.3 is 0 Å². The molecule has 2 atom stereocenters. The number of rotatable bonds is 4. The van der Waals surface area contributed by atoms with Gasteiger partial charge in [-0.25, -0.2) is 0 Å². The van der Waals surface area contributed by atoms with E-state index in [2.05, 4.69) is 5.32 Å². The minimum Gasteiger partial charge on any atom is -0.394 e. The van der Waals surface area contributed by atoms with Crippen LogP contribution in [0.3, 0.4) is 0 Å². The van der Waals surface area contributed by atoms with E-state index in [4.69, 9.17) is 5.11 Å². The molecule has 2 aliphatic carbocycles. The van der Waals surface area contributed by atoms with Crippen molar-refractivity contribution in [1.29, 1.82) is 0 Å². The highest BCUT2D eigenvalue weighted by Crippen LogP contribution is 2.51. The topological polar surface area (TPSA) is 52.5 Å². The van der Waals surface area contributed by atoms with Crippen LogP contribution in [0.15, 0.2) is 0 Å². The molecule has 0 aromatic heterocycles.